The molecule has 0 aromatic heterocycles. The molecule has 0 rings (SSSR count). The number of rotatable bonds is 7. The Labute approximate surface area is 114 Å². The predicted molar refractivity (Wildman–Crippen MR) is 74.7 cm³/mol. The van der Waals surface area contributed by atoms with Crippen molar-refractivity contribution in [3.63, 3.8) is 0 Å². The summed E-state index contributed by atoms with van der Waals surface area (Å²) < 4.78 is 5.13. The van der Waals surface area contributed by atoms with Gasteiger partial charge in [-0.2, -0.15) is 11.8 Å². The predicted octanol–water partition coefficient (Wildman–Crippen LogP) is 0.690. The normalized spacial score (nSPS) is 14.2. The molecule has 106 valence electrons. The first kappa shape index (κ1) is 17.2. The molecule has 0 bridgehead atoms. The highest BCUT2D eigenvalue weighted by atomic mass is 32.2. The Balaban J connectivity index is 4.58. The quantitative estimate of drug-likeness (QED) is 0.640. The Kier molecular flexibility index (Phi) is 8.02. The minimum absolute atomic E-state index is 0.0526. The zero-order chi connectivity index (χ0) is 14.3. The molecule has 0 spiro atoms. The van der Waals surface area contributed by atoms with Gasteiger partial charge in [0, 0.05) is 32.3 Å². The summed E-state index contributed by atoms with van der Waals surface area (Å²) in [6, 6.07) is 0. The van der Waals surface area contributed by atoms with Gasteiger partial charge in [0.25, 0.3) is 5.91 Å². The van der Waals surface area contributed by atoms with E-state index in [0.717, 1.165) is 6.54 Å². The van der Waals surface area contributed by atoms with Gasteiger partial charge in [0.1, 0.15) is 0 Å². The summed E-state index contributed by atoms with van der Waals surface area (Å²) in [5, 5.41) is -0.0526. The van der Waals surface area contributed by atoms with Crippen LogP contribution in [0, 0.1) is 0 Å². The van der Waals surface area contributed by atoms with Gasteiger partial charge in [-0.05, 0) is 27.3 Å². The Hall–Kier alpha value is -0.750. The van der Waals surface area contributed by atoms with Crippen LogP contribution in [0.2, 0.25) is 0 Å². The Morgan fingerprint density at radius 1 is 1.22 bits per heavy atom. The number of thioether (sulfide) groups is 1. The van der Waals surface area contributed by atoms with Crippen molar-refractivity contribution in [2.45, 2.75) is 25.2 Å². The lowest BCUT2D eigenvalue weighted by Gasteiger charge is -2.27. The highest BCUT2D eigenvalue weighted by Gasteiger charge is 2.30. The highest BCUT2D eigenvalue weighted by Crippen LogP contribution is 2.15. The maximum atomic E-state index is 12.2. The van der Waals surface area contributed by atoms with E-state index in [1.54, 1.807) is 11.9 Å². The molecule has 5 nitrogen and oxygen atoms in total. The van der Waals surface area contributed by atoms with E-state index in [0.29, 0.717) is 6.54 Å². The second-order valence-electron chi connectivity index (χ2n) is 4.53. The maximum Gasteiger partial charge on any atom is 0.303 e. The van der Waals surface area contributed by atoms with Crippen LogP contribution in [0.15, 0.2) is 0 Å². The van der Waals surface area contributed by atoms with Gasteiger partial charge >= 0.3 is 5.97 Å². The molecule has 0 aliphatic rings. The molecule has 0 radical (unpaired) electrons. The number of hydrogen-bond acceptors (Lipinski definition) is 5. The Morgan fingerprint density at radius 2 is 1.78 bits per heavy atom. The van der Waals surface area contributed by atoms with Crippen molar-refractivity contribution >= 4 is 23.6 Å². The van der Waals surface area contributed by atoms with Crippen molar-refractivity contribution in [2.24, 2.45) is 0 Å². The zero-order valence-corrected chi connectivity index (χ0v) is 12.9. The third-order valence-electron chi connectivity index (χ3n) is 2.59. The second kappa shape index (κ2) is 8.37. The molecule has 0 aromatic carbocycles. The van der Waals surface area contributed by atoms with Crippen molar-refractivity contribution in [2.75, 3.05) is 40.5 Å². The van der Waals surface area contributed by atoms with E-state index in [-0.39, 0.29) is 11.2 Å². The minimum Gasteiger partial charge on any atom is -0.451 e. The third-order valence-corrected chi connectivity index (χ3v) is 3.58. The van der Waals surface area contributed by atoms with Crippen molar-refractivity contribution in [1.29, 1.82) is 0 Å². The average molecular weight is 276 g/mol. The molecule has 0 saturated heterocycles. The van der Waals surface area contributed by atoms with Gasteiger partial charge in [-0.1, -0.05) is 0 Å². The molecule has 0 unspecified atom stereocenters. The summed E-state index contributed by atoms with van der Waals surface area (Å²) in [5.74, 6) is -0.566. The second-order valence-corrected chi connectivity index (χ2v) is 5.75. The van der Waals surface area contributed by atoms with Crippen LogP contribution in [-0.2, 0) is 14.3 Å². The fourth-order valence-electron chi connectivity index (χ4n) is 1.33. The molecule has 2 atom stereocenters. The fourth-order valence-corrected chi connectivity index (χ4v) is 1.75. The van der Waals surface area contributed by atoms with Gasteiger partial charge < -0.3 is 14.5 Å². The number of hydrogen-bond donors (Lipinski definition) is 0. The molecule has 6 heteroatoms. The van der Waals surface area contributed by atoms with Crippen molar-refractivity contribution in [3.8, 4) is 0 Å². The van der Waals surface area contributed by atoms with Crippen LogP contribution >= 0.6 is 11.8 Å². The summed E-state index contributed by atoms with van der Waals surface area (Å²) >= 11 is 1.51. The summed E-state index contributed by atoms with van der Waals surface area (Å²) in [6.45, 7) is 4.61. The minimum atomic E-state index is -0.704. The average Bonchev–Trinajstić information content (AvgIpc) is 2.30. The monoisotopic (exact) mass is 276 g/mol. The van der Waals surface area contributed by atoms with Crippen LogP contribution in [0.5, 0.6) is 0 Å². The fraction of sp³-hybridized carbons (Fsp3) is 0.833. The molecule has 0 saturated carbocycles. The molecular formula is C12H24N2O3S. The molecule has 0 aliphatic heterocycles. The van der Waals surface area contributed by atoms with Crippen LogP contribution in [0.1, 0.15) is 13.8 Å². The van der Waals surface area contributed by atoms with E-state index >= 15 is 0 Å². The summed E-state index contributed by atoms with van der Waals surface area (Å²) in [6.07, 6.45) is 1.19. The SMILES string of the molecule is CS[C@H](C)[C@H](OC(C)=O)C(=O)N(C)CCN(C)C. The summed E-state index contributed by atoms with van der Waals surface area (Å²) in [7, 11) is 5.63. The van der Waals surface area contributed by atoms with Gasteiger partial charge in [-0.15, -0.1) is 0 Å². The number of carbonyl (C=O) groups is 2. The number of esters is 1. The zero-order valence-electron chi connectivity index (χ0n) is 12.1. The number of likely N-dealkylation sites (N-methyl/N-ethyl adjacent to an activating group) is 2. The molecular weight excluding hydrogens is 252 g/mol. The Morgan fingerprint density at radius 3 is 2.17 bits per heavy atom. The van der Waals surface area contributed by atoms with Crippen molar-refractivity contribution < 1.29 is 14.3 Å². The van der Waals surface area contributed by atoms with Gasteiger partial charge in [0.2, 0.25) is 0 Å². The number of ether oxygens (including phenoxy) is 1. The van der Waals surface area contributed by atoms with E-state index in [1.165, 1.54) is 18.7 Å². The van der Waals surface area contributed by atoms with Gasteiger partial charge in [0.15, 0.2) is 6.10 Å². The van der Waals surface area contributed by atoms with Gasteiger partial charge in [-0.25, -0.2) is 0 Å². The van der Waals surface area contributed by atoms with Crippen LogP contribution in [0.4, 0.5) is 0 Å². The standard InChI is InChI=1S/C12H24N2O3S/c1-9(18-6)11(17-10(2)15)12(16)14(5)8-7-13(3)4/h9,11H,7-8H2,1-6H3/t9-,11+/m1/s1. The smallest absolute Gasteiger partial charge is 0.303 e. The first-order chi connectivity index (χ1) is 8.29. The number of amides is 1. The molecule has 0 N–H and O–H groups in total. The van der Waals surface area contributed by atoms with Crippen LogP contribution in [0.3, 0.4) is 0 Å². The van der Waals surface area contributed by atoms with E-state index in [2.05, 4.69) is 0 Å². The first-order valence-corrected chi connectivity index (χ1v) is 7.18. The lowest BCUT2D eigenvalue weighted by molar-refractivity contribution is -0.157. The van der Waals surface area contributed by atoms with Crippen molar-refractivity contribution in [3.05, 3.63) is 0 Å². The van der Waals surface area contributed by atoms with E-state index in [4.69, 9.17) is 4.74 Å². The number of carbonyl (C=O) groups excluding carboxylic acids is 2. The van der Waals surface area contributed by atoms with E-state index < -0.39 is 12.1 Å². The molecule has 0 aliphatic carbocycles. The number of nitrogens with zero attached hydrogens (tertiary/aromatic N) is 2. The maximum absolute atomic E-state index is 12.2. The van der Waals surface area contributed by atoms with Crippen LogP contribution in [0.25, 0.3) is 0 Å². The van der Waals surface area contributed by atoms with Gasteiger partial charge in [-0.3, -0.25) is 9.59 Å². The highest BCUT2D eigenvalue weighted by molar-refractivity contribution is 7.99. The molecule has 0 fully saturated rings. The van der Waals surface area contributed by atoms with E-state index in [1.807, 2.05) is 32.2 Å². The third kappa shape index (κ3) is 6.26. The molecule has 1 amide bonds. The lowest BCUT2D eigenvalue weighted by Crippen LogP contribution is -2.45. The van der Waals surface area contributed by atoms with Crippen LogP contribution in [-0.4, -0.2) is 73.5 Å². The molecule has 18 heavy (non-hydrogen) atoms. The van der Waals surface area contributed by atoms with E-state index in [9.17, 15) is 9.59 Å². The van der Waals surface area contributed by atoms with Crippen molar-refractivity contribution in [1.82, 2.24) is 9.80 Å². The molecule has 0 heterocycles. The summed E-state index contributed by atoms with van der Waals surface area (Å²) in [4.78, 5) is 26.9. The Bertz CT molecular complexity index is 284. The van der Waals surface area contributed by atoms with Gasteiger partial charge in [0.05, 0.1) is 0 Å². The first-order valence-electron chi connectivity index (χ1n) is 5.89. The van der Waals surface area contributed by atoms with Crippen LogP contribution < -0.4 is 0 Å². The largest absolute Gasteiger partial charge is 0.451 e. The topological polar surface area (TPSA) is 49.9 Å². The molecule has 0 aromatic rings. The summed E-state index contributed by atoms with van der Waals surface area (Å²) in [5.41, 5.74) is 0. The lowest BCUT2D eigenvalue weighted by atomic mass is 10.2.